The van der Waals surface area contributed by atoms with E-state index in [-0.39, 0.29) is 12.1 Å². The van der Waals surface area contributed by atoms with E-state index in [1.165, 1.54) is 12.8 Å². The minimum absolute atomic E-state index is 0.133. The Morgan fingerprint density at radius 3 is 2.93 bits per heavy atom. The van der Waals surface area contributed by atoms with Crippen LogP contribution < -0.4 is 5.32 Å². The lowest BCUT2D eigenvalue weighted by molar-refractivity contribution is 0.205. The minimum atomic E-state index is -0.240. The molecule has 2 N–H and O–H groups in total. The summed E-state index contributed by atoms with van der Waals surface area (Å²) in [5.41, 5.74) is -0.240. The highest BCUT2D eigenvalue weighted by Gasteiger charge is 2.41. The molecule has 1 aliphatic rings. The highest BCUT2D eigenvalue weighted by atomic mass is 16.3. The van der Waals surface area contributed by atoms with E-state index in [0.717, 1.165) is 5.82 Å². The molecule has 0 aliphatic heterocycles. The zero-order chi connectivity index (χ0) is 10.0. The first kappa shape index (κ1) is 9.40. The third-order valence-corrected chi connectivity index (χ3v) is 2.79. The number of nitrogens with zero attached hydrogens (tertiary/aromatic N) is 2. The number of nitrogens with one attached hydrogen (secondary N) is 1. The van der Waals surface area contributed by atoms with Crippen molar-refractivity contribution in [3.8, 4) is 0 Å². The van der Waals surface area contributed by atoms with Crippen LogP contribution >= 0.6 is 0 Å². The summed E-state index contributed by atoms with van der Waals surface area (Å²) in [4.78, 5) is 0. The van der Waals surface area contributed by atoms with Gasteiger partial charge in [-0.15, -0.1) is 5.10 Å². The van der Waals surface area contributed by atoms with Crippen molar-refractivity contribution >= 4 is 5.82 Å². The van der Waals surface area contributed by atoms with Gasteiger partial charge in [0.15, 0.2) is 0 Å². The van der Waals surface area contributed by atoms with E-state index in [2.05, 4.69) is 15.5 Å². The lowest BCUT2D eigenvalue weighted by atomic mass is 9.97. The molecule has 1 aliphatic carbocycles. The Morgan fingerprint density at radius 2 is 2.43 bits per heavy atom. The van der Waals surface area contributed by atoms with Gasteiger partial charge in [-0.1, -0.05) is 0 Å². The first-order valence-corrected chi connectivity index (χ1v) is 4.91. The quantitative estimate of drug-likeness (QED) is 0.750. The van der Waals surface area contributed by atoms with Crippen molar-refractivity contribution in [1.29, 1.82) is 0 Å². The molecule has 1 atom stereocenters. The van der Waals surface area contributed by atoms with Crippen LogP contribution in [0.2, 0.25) is 0 Å². The van der Waals surface area contributed by atoms with Crippen LogP contribution in [0.1, 0.15) is 19.8 Å². The van der Waals surface area contributed by atoms with Crippen molar-refractivity contribution in [3.63, 3.8) is 0 Å². The summed E-state index contributed by atoms with van der Waals surface area (Å²) < 4.78 is 0. The number of hydrogen-bond acceptors (Lipinski definition) is 4. The fraction of sp³-hybridized carbons (Fsp3) is 0.600. The number of aliphatic hydroxyl groups is 1. The molecule has 1 aromatic heterocycles. The van der Waals surface area contributed by atoms with Crippen molar-refractivity contribution in [2.45, 2.75) is 25.3 Å². The zero-order valence-corrected chi connectivity index (χ0v) is 8.27. The van der Waals surface area contributed by atoms with Gasteiger partial charge >= 0.3 is 0 Å². The molecule has 0 amide bonds. The highest BCUT2D eigenvalue weighted by Crippen LogP contribution is 2.40. The zero-order valence-electron chi connectivity index (χ0n) is 8.27. The summed E-state index contributed by atoms with van der Waals surface area (Å²) in [6.07, 6.45) is 4.01. The van der Waals surface area contributed by atoms with Crippen molar-refractivity contribution in [2.75, 3.05) is 11.9 Å². The van der Waals surface area contributed by atoms with Crippen LogP contribution in [-0.4, -0.2) is 27.4 Å². The molecule has 0 radical (unpaired) electrons. The molecule has 4 heteroatoms. The highest BCUT2D eigenvalue weighted by molar-refractivity contribution is 5.36. The summed E-state index contributed by atoms with van der Waals surface area (Å²) in [6, 6.07) is 3.70. The molecule has 4 nitrogen and oxygen atoms in total. The van der Waals surface area contributed by atoms with E-state index in [1.54, 1.807) is 6.20 Å². The van der Waals surface area contributed by atoms with Gasteiger partial charge in [0.05, 0.1) is 12.1 Å². The predicted molar refractivity (Wildman–Crippen MR) is 53.9 cm³/mol. The van der Waals surface area contributed by atoms with Crippen LogP contribution in [0, 0.1) is 5.92 Å². The summed E-state index contributed by atoms with van der Waals surface area (Å²) in [7, 11) is 0. The number of rotatable bonds is 4. The summed E-state index contributed by atoms with van der Waals surface area (Å²) in [5.74, 6) is 1.30. The smallest absolute Gasteiger partial charge is 0.149 e. The van der Waals surface area contributed by atoms with Crippen molar-refractivity contribution in [2.24, 2.45) is 5.92 Å². The van der Waals surface area contributed by atoms with Gasteiger partial charge in [0.25, 0.3) is 0 Å². The number of aliphatic hydroxyl groups excluding tert-OH is 1. The van der Waals surface area contributed by atoms with Crippen LogP contribution in [0.4, 0.5) is 5.82 Å². The summed E-state index contributed by atoms with van der Waals surface area (Å²) in [5, 5.41) is 20.3. The van der Waals surface area contributed by atoms with Gasteiger partial charge in [0.1, 0.15) is 5.82 Å². The van der Waals surface area contributed by atoms with E-state index in [1.807, 2.05) is 19.1 Å². The van der Waals surface area contributed by atoms with Crippen molar-refractivity contribution in [3.05, 3.63) is 18.3 Å². The van der Waals surface area contributed by atoms with E-state index in [0.29, 0.717) is 5.92 Å². The molecule has 0 saturated heterocycles. The molecule has 0 aromatic carbocycles. The molecule has 1 aromatic rings. The van der Waals surface area contributed by atoms with Crippen molar-refractivity contribution in [1.82, 2.24) is 10.2 Å². The molecule has 76 valence electrons. The average molecular weight is 193 g/mol. The predicted octanol–water partition coefficient (Wildman–Crippen LogP) is 1.05. The normalized spacial score (nSPS) is 20.1. The van der Waals surface area contributed by atoms with Gasteiger partial charge in [-0.2, -0.15) is 5.10 Å². The van der Waals surface area contributed by atoms with Gasteiger partial charge in [-0.25, -0.2) is 0 Å². The first-order chi connectivity index (χ1) is 6.74. The Hall–Kier alpha value is -1.16. The van der Waals surface area contributed by atoms with Gasteiger partial charge in [0.2, 0.25) is 0 Å². The molecule has 0 spiro atoms. The Balaban J connectivity index is 2.08. The largest absolute Gasteiger partial charge is 0.394 e. The topological polar surface area (TPSA) is 58.0 Å². The molecular formula is C10H15N3O. The lowest BCUT2D eigenvalue weighted by Gasteiger charge is -2.28. The molecule has 0 bridgehead atoms. The van der Waals surface area contributed by atoms with E-state index >= 15 is 0 Å². The maximum Gasteiger partial charge on any atom is 0.149 e. The first-order valence-electron chi connectivity index (χ1n) is 4.91. The van der Waals surface area contributed by atoms with Gasteiger partial charge in [-0.3, -0.25) is 0 Å². The molecule has 2 rings (SSSR count). The third kappa shape index (κ3) is 1.85. The van der Waals surface area contributed by atoms with E-state index in [9.17, 15) is 5.11 Å². The molecule has 1 heterocycles. The standard InChI is InChI=1S/C10H15N3O/c1-10(7-14,8-4-5-8)12-9-3-2-6-11-13-9/h2-3,6,8,14H,4-5,7H2,1H3,(H,12,13). The van der Waals surface area contributed by atoms with Crippen LogP contribution in [0.25, 0.3) is 0 Å². The minimum Gasteiger partial charge on any atom is -0.394 e. The average Bonchev–Trinajstić information content (AvgIpc) is 3.03. The van der Waals surface area contributed by atoms with Crippen LogP contribution in [-0.2, 0) is 0 Å². The number of aromatic nitrogens is 2. The second-order valence-electron chi connectivity index (χ2n) is 4.08. The van der Waals surface area contributed by atoms with E-state index < -0.39 is 0 Å². The second-order valence-corrected chi connectivity index (χ2v) is 4.08. The Kier molecular flexibility index (Phi) is 2.37. The summed E-state index contributed by atoms with van der Waals surface area (Å²) in [6.45, 7) is 2.16. The Labute approximate surface area is 83.4 Å². The van der Waals surface area contributed by atoms with Gasteiger partial charge < -0.3 is 10.4 Å². The summed E-state index contributed by atoms with van der Waals surface area (Å²) >= 11 is 0. The lowest BCUT2D eigenvalue weighted by Crippen LogP contribution is -2.41. The maximum absolute atomic E-state index is 9.35. The fourth-order valence-electron chi connectivity index (χ4n) is 1.65. The fourth-order valence-corrected chi connectivity index (χ4v) is 1.65. The molecule has 14 heavy (non-hydrogen) atoms. The number of hydrogen-bond donors (Lipinski definition) is 2. The van der Waals surface area contributed by atoms with E-state index in [4.69, 9.17) is 0 Å². The Morgan fingerprint density at radius 1 is 1.64 bits per heavy atom. The van der Waals surface area contributed by atoms with Crippen LogP contribution in [0.5, 0.6) is 0 Å². The molecule has 1 fully saturated rings. The van der Waals surface area contributed by atoms with Crippen LogP contribution in [0.15, 0.2) is 18.3 Å². The van der Waals surface area contributed by atoms with Crippen molar-refractivity contribution < 1.29 is 5.11 Å². The molecule has 1 unspecified atom stereocenters. The SMILES string of the molecule is CC(CO)(Nc1cccnn1)C1CC1. The molecular weight excluding hydrogens is 178 g/mol. The van der Waals surface area contributed by atoms with Crippen LogP contribution in [0.3, 0.4) is 0 Å². The third-order valence-electron chi connectivity index (χ3n) is 2.79. The van der Waals surface area contributed by atoms with Gasteiger partial charge in [-0.05, 0) is 37.8 Å². The molecule has 1 saturated carbocycles. The monoisotopic (exact) mass is 193 g/mol. The number of anilines is 1. The Bertz CT molecular complexity index is 299. The maximum atomic E-state index is 9.35. The second kappa shape index (κ2) is 3.53. The van der Waals surface area contributed by atoms with Gasteiger partial charge in [0, 0.05) is 6.20 Å².